The summed E-state index contributed by atoms with van der Waals surface area (Å²) in [6, 6.07) is 3.33. The minimum atomic E-state index is -1.25. The second-order valence-electron chi connectivity index (χ2n) is 5.32. The summed E-state index contributed by atoms with van der Waals surface area (Å²) in [5.74, 6) is -1.28. The van der Waals surface area contributed by atoms with Gasteiger partial charge in [-0.2, -0.15) is 0 Å². The number of rotatable bonds is 5. The molecule has 0 aliphatic rings. The SMILES string of the molecule is CCCC(=O)c1cc2c(=O)c(C(=O)O)cn(CC)c2cc1C. The number of hydrogen-bond acceptors (Lipinski definition) is 3. The van der Waals surface area contributed by atoms with Crippen LogP contribution in [0.25, 0.3) is 10.9 Å². The monoisotopic (exact) mass is 301 g/mol. The number of carboxylic acid groups (broad SMARTS) is 1. The van der Waals surface area contributed by atoms with E-state index in [1.165, 1.54) is 6.20 Å². The molecule has 1 aromatic heterocycles. The number of aromatic nitrogens is 1. The van der Waals surface area contributed by atoms with Gasteiger partial charge in [0.15, 0.2) is 5.78 Å². The molecule has 0 aliphatic heterocycles. The molecular weight excluding hydrogens is 282 g/mol. The number of aryl methyl sites for hydroxylation is 2. The number of fused-ring (bicyclic) bond motifs is 1. The van der Waals surface area contributed by atoms with Crippen molar-refractivity contribution in [1.29, 1.82) is 0 Å². The molecule has 5 heteroatoms. The summed E-state index contributed by atoms with van der Waals surface area (Å²) in [6.45, 7) is 6.17. The first-order valence-electron chi connectivity index (χ1n) is 7.35. The maximum atomic E-state index is 12.4. The number of carboxylic acids is 1. The summed E-state index contributed by atoms with van der Waals surface area (Å²) in [5.41, 5.74) is 1.14. The van der Waals surface area contributed by atoms with Gasteiger partial charge < -0.3 is 9.67 Å². The zero-order chi connectivity index (χ0) is 16.4. The zero-order valence-electron chi connectivity index (χ0n) is 13.0. The van der Waals surface area contributed by atoms with E-state index in [0.717, 1.165) is 12.0 Å². The van der Waals surface area contributed by atoms with Crippen LogP contribution in [0.5, 0.6) is 0 Å². The molecule has 0 fully saturated rings. The third-order valence-corrected chi connectivity index (χ3v) is 3.77. The highest BCUT2D eigenvalue weighted by molar-refractivity contribution is 6.02. The number of nitrogens with zero attached hydrogens (tertiary/aromatic N) is 1. The van der Waals surface area contributed by atoms with Gasteiger partial charge in [0.25, 0.3) is 0 Å². The zero-order valence-corrected chi connectivity index (χ0v) is 13.0. The van der Waals surface area contributed by atoms with Crippen LogP contribution in [0.4, 0.5) is 0 Å². The standard InChI is InChI=1S/C17H19NO4/c1-4-6-15(19)11-8-12-14(7-10(11)3)18(5-2)9-13(16(12)20)17(21)22/h7-9H,4-6H2,1-3H3,(H,21,22). The number of Topliss-reactive ketones (excluding diaryl/α,β-unsaturated/α-hetero) is 1. The molecule has 1 heterocycles. The lowest BCUT2D eigenvalue weighted by Crippen LogP contribution is -2.19. The van der Waals surface area contributed by atoms with E-state index in [0.29, 0.717) is 24.0 Å². The highest BCUT2D eigenvalue weighted by atomic mass is 16.4. The Kier molecular flexibility index (Phi) is 4.45. The van der Waals surface area contributed by atoms with Gasteiger partial charge >= 0.3 is 5.97 Å². The molecule has 22 heavy (non-hydrogen) atoms. The number of carbonyl (C=O) groups excluding carboxylic acids is 1. The summed E-state index contributed by atoms with van der Waals surface area (Å²) < 4.78 is 1.72. The van der Waals surface area contributed by atoms with Crippen molar-refractivity contribution in [2.45, 2.75) is 40.2 Å². The average Bonchev–Trinajstić information content (AvgIpc) is 2.47. The van der Waals surface area contributed by atoms with Crippen LogP contribution in [0.2, 0.25) is 0 Å². The first kappa shape index (κ1) is 15.9. The molecule has 2 rings (SSSR count). The molecule has 0 atom stereocenters. The van der Waals surface area contributed by atoms with Crippen molar-refractivity contribution in [1.82, 2.24) is 4.57 Å². The fourth-order valence-corrected chi connectivity index (χ4v) is 2.62. The molecule has 1 aromatic carbocycles. The van der Waals surface area contributed by atoms with Crippen LogP contribution >= 0.6 is 0 Å². The van der Waals surface area contributed by atoms with Crippen molar-refractivity contribution in [3.05, 3.63) is 45.2 Å². The van der Waals surface area contributed by atoms with Crippen LogP contribution in [-0.2, 0) is 6.54 Å². The third-order valence-electron chi connectivity index (χ3n) is 3.77. The third kappa shape index (κ3) is 2.66. The molecule has 0 bridgehead atoms. The van der Waals surface area contributed by atoms with Crippen molar-refractivity contribution in [3.63, 3.8) is 0 Å². The Hall–Kier alpha value is -2.43. The van der Waals surface area contributed by atoms with Crippen LogP contribution in [0, 0.1) is 6.92 Å². The van der Waals surface area contributed by atoms with Gasteiger partial charge in [0.2, 0.25) is 5.43 Å². The molecule has 5 nitrogen and oxygen atoms in total. The highest BCUT2D eigenvalue weighted by Crippen LogP contribution is 2.20. The first-order chi connectivity index (χ1) is 10.4. The molecular formula is C17H19NO4. The Morgan fingerprint density at radius 1 is 1.18 bits per heavy atom. The van der Waals surface area contributed by atoms with Crippen LogP contribution in [-0.4, -0.2) is 21.4 Å². The molecule has 0 saturated heterocycles. The van der Waals surface area contributed by atoms with E-state index < -0.39 is 11.4 Å². The Bertz CT molecular complexity index is 817. The number of aromatic carboxylic acids is 1. The van der Waals surface area contributed by atoms with E-state index in [1.807, 2.05) is 20.8 Å². The molecule has 1 N–H and O–H groups in total. The summed E-state index contributed by atoms with van der Waals surface area (Å²) in [6.07, 6.45) is 2.50. The number of carbonyl (C=O) groups is 2. The smallest absolute Gasteiger partial charge is 0.341 e. The van der Waals surface area contributed by atoms with Crippen LogP contribution < -0.4 is 5.43 Å². The lowest BCUT2D eigenvalue weighted by Gasteiger charge is -2.13. The topological polar surface area (TPSA) is 76.4 Å². The van der Waals surface area contributed by atoms with Gasteiger partial charge in [-0.3, -0.25) is 9.59 Å². The normalized spacial score (nSPS) is 10.9. The first-order valence-corrected chi connectivity index (χ1v) is 7.35. The van der Waals surface area contributed by atoms with Crippen LogP contribution in [0.1, 0.15) is 53.0 Å². The number of pyridine rings is 1. The van der Waals surface area contributed by atoms with Crippen molar-refractivity contribution >= 4 is 22.7 Å². The van der Waals surface area contributed by atoms with E-state index in [2.05, 4.69) is 0 Å². The van der Waals surface area contributed by atoms with Crippen LogP contribution in [0.15, 0.2) is 23.1 Å². The lowest BCUT2D eigenvalue weighted by atomic mass is 9.98. The minimum absolute atomic E-state index is 0.0231. The Balaban J connectivity index is 2.84. The molecule has 0 radical (unpaired) electrons. The Morgan fingerprint density at radius 3 is 2.41 bits per heavy atom. The molecule has 0 unspecified atom stereocenters. The summed E-state index contributed by atoms with van der Waals surface area (Å²) in [5, 5.41) is 9.47. The van der Waals surface area contributed by atoms with Gasteiger partial charge in [-0.15, -0.1) is 0 Å². The van der Waals surface area contributed by atoms with Gasteiger partial charge in [0.05, 0.1) is 5.52 Å². The van der Waals surface area contributed by atoms with E-state index in [-0.39, 0.29) is 16.7 Å². The fraction of sp³-hybridized carbons (Fsp3) is 0.353. The second kappa shape index (κ2) is 6.13. The largest absolute Gasteiger partial charge is 0.477 e. The van der Waals surface area contributed by atoms with E-state index in [4.69, 9.17) is 0 Å². The minimum Gasteiger partial charge on any atom is -0.477 e. The van der Waals surface area contributed by atoms with Gasteiger partial charge in [-0.25, -0.2) is 4.79 Å². The Morgan fingerprint density at radius 2 is 1.86 bits per heavy atom. The van der Waals surface area contributed by atoms with Crippen LogP contribution in [0.3, 0.4) is 0 Å². The predicted molar refractivity (Wildman–Crippen MR) is 84.8 cm³/mol. The van der Waals surface area contributed by atoms with Gasteiger partial charge in [-0.05, 0) is 38.0 Å². The molecule has 0 amide bonds. The van der Waals surface area contributed by atoms with Gasteiger partial charge in [0, 0.05) is 30.1 Å². The van der Waals surface area contributed by atoms with Crippen molar-refractivity contribution in [2.24, 2.45) is 0 Å². The fourth-order valence-electron chi connectivity index (χ4n) is 2.62. The summed E-state index contributed by atoms with van der Waals surface area (Å²) in [7, 11) is 0. The van der Waals surface area contributed by atoms with E-state index >= 15 is 0 Å². The summed E-state index contributed by atoms with van der Waals surface area (Å²) >= 11 is 0. The molecule has 0 spiro atoms. The van der Waals surface area contributed by atoms with Gasteiger partial charge in [0.1, 0.15) is 5.56 Å². The number of hydrogen-bond donors (Lipinski definition) is 1. The van der Waals surface area contributed by atoms with Crippen molar-refractivity contribution in [3.8, 4) is 0 Å². The molecule has 0 aliphatic carbocycles. The maximum Gasteiger partial charge on any atom is 0.341 e. The lowest BCUT2D eigenvalue weighted by molar-refractivity contribution is 0.0694. The van der Waals surface area contributed by atoms with Gasteiger partial charge in [-0.1, -0.05) is 6.92 Å². The number of ketones is 1. The maximum absolute atomic E-state index is 12.4. The van der Waals surface area contributed by atoms with E-state index in [1.54, 1.807) is 16.7 Å². The number of benzene rings is 1. The molecule has 116 valence electrons. The summed E-state index contributed by atoms with van der Waals surface area (Å²) in [4.78, 5) is 35.8. The highest BCUT2D eigenvalue weighted by Gasteiger charge is 2.17. The van der Waals surface area contributed by atoms with Crippen molar-refractivity contribution < 1.29 is 14.7 Å². The second-order valence-corrected chi connectivity index (χ2v) is 5.32. The average molecular weight is 301 g/mol. The molecule has 2 aromatic rings. The predicted octanol–water partition coefficient (Wildman–Crippen LogP) is 3.01. The quantitative estimate of drug-likeness (QED) is 0.861. The van der Waals surface area contributed by atoms with E-state index in [9.17, 15) is 19.5 Å². The molecule has 0 saturated carbocycles. The van der Waals surface area contributed by atoms with Crippen molar-refractivity contribution in [2.75, 3.05) is 0 Å². The Labute approximate surface area is 128 Å².